The molecule has 0 heterocycles. The molecule has 1 nitrogen and oxygen atoms in total. The quantitative estimate of drug-likeness (QED) is 0.763. The maximum absolute atomic E-state index is 3.64. The van der Waals surface area contributed by atoms with Crippen molar-refractivity contribution in [3.8, 4) is 0 Å². The second kappa shape index (κ2) is 7.09. The molecule has 106 valence electrons. The number of hydrogen-bond donors (Lipinski definition) is 1. The van der Waals surface area contributed by atoms with Gasteiger partial charge in [0.05, 0.1) is 0 Å². The van der Waals surface area contributed by atoms with E-state index in [0.29, 0.717) is 0 Å². The van der Waals surface area contributed by atoms with Crippen LogP contribution < -0.4 is 5.32 Å². The van der Waals surface area contributed by atoms with Crippen LogP contribution in [0.5, 0.6) is 0 Å². The molecule has 0 saturated heterocycles. The molecule has 0 radical (unpaired) electrons. The molecular formula is C18H29N. The molecule has 1 aromatic rings. The largest absolute Gasteiger partial charge is 0.316 e. The van der Waals surface area contributed by atoms with Crippen LogP contribution in [0.4, 0.5) is 0 Å². The Labute approximate surface area is 118 Å². The van der Waals surface area contributed by atoms with Crippen LogP contribution in [-0.2, 0) is 0 Å². The summed E-state index contributed by atoms with van der Waals surface area (Å²) in [6, 6.07) is 6.85. The number of aryl methyl sites for hydroxylation is 1. The van der Waals surface area contributed by atoms with E-state index in [1.54, 1.807) is 5.56 Å². The van der Waals surface area contributed by atoms with E-state index in [0.717, 1.165) is 18.4 Å². The third-order valence-corrected chi connectivity index (χ3v) is 4.79. The van der Waals surface area contributed by atoms with Crippen molar-refractivity contribution < 1.29 is 0 Å². The Morgan fingerprint density at radius 3 is 2.74 bits per heavy atom. The topological polar surface area (TPSA) is 12.0 Å². The van der Waals surface area contributed by atoms with Crippen LogP contribution in [0.1, 0.15) is 61.6 Å². The summed E-state index contributed by atoms with van der Waals surface area (Å²) in [7, 11) is 0. The van der Waals surface area contributed by atoms with Gasteiger partial charge in [0.1, 0.15) is 0 Å². The lowest BCUT2D eigenvalue weighted by molar-refractivity contribution is 0.295. The summed E-state index contributed by atoms with van der Waals surface area (Å²) in [5, 5.41) is 3.64. The van der Waals surface area contributed by atoms with Gasteiger partial charge in [-0.1, -0.05) is 38.0 Å². The van der Waals surface area contributed by atoms with Gasteiger partial charge in [-0.15, -0.1) is 0 Å². The minimum atomic E-state index is 0.776. The first kappa shape index (κ1) is 14.6. The first-order valence-corrected chi connectivity index (χ1v) is 8.00. The van der Waals surface area contributed by atoms with Gasteiger partial charge in [0.15, 0.2) is 0 Å². The summed E-state index contributed by atoms with van der Waals surface area (Å²) < 4.78 is 0. The van der Waals surface area contributed by atoms with Crippen molar-refractivity contribution in [1.29, 1.82) is 0 Å². The average Bonchev–Trinajstić information content (AvgIpc) is 2.43. The molecule has 1 N–H and O–H groups in total. The summed E-state index contributed by atoms with van der Waals surface area (Å²) in [6.45, 7) is 9.15. The van der Waals surface area contributed by atoms with Gasteiger partial charge in [0.25, 0.3) is 0 Å². The normalized spacial score (nSPS) is 23.5. The first-order chi connectivity index (χ1) is 9.24. The Morgan fingerprint density at radius 1 is 1.16 bits per heavy atom. The fourth-order valence-electron chi connectivity index (χ4n) is 3.50. The van der Waals surface area contributed by atoms with Crippen LogP contribution >= 0.6 is 0 Å². The SMILES string of the molecule is CCCNCC1CCCCC1c1cccc(C)c1C. The molecule has 0 bridgehead atoms. The molecule has 1 aliphatic rings. The second-order valence-corrected chi connectivity index (χ2v) is 6.14. The molecule has 1 fully saturated rings. The molecule has 0 amide bonds. The Bertz CT molecular complexity index is 397. The zero-order valence-electron chi connectivity index (χ0n) is 12.8. The van der Waals surface area contributed by atoms with Crippen LogP contribution in [0.15, 0.2) is 18.2 Å². The number of benzene rings is 1. The highest BCUT2D eigenvalue weighted by Crippen LogP contribution is 2.39. The average molecular weight is 259 g/mol. The van der Waals surface area contributed by atoms with E-state index in [9.17, 15) is 0 Å². The lowest BCUT2D eigenvalue weighted by atomic mass is 9.74. The van der Waals surface area contributed by atoms with Gasteiger partial charge >= 0.3 is 0 Å². The van der Waals surface area contributed by atoms with Gasteiger partial charge in [-0.25, -0.2) is 0 Å². The first-order valence-electron chi connectivity index (χ1n) is 8.00. The molecule has 19 heavy (non-hydrogen) atoms. The lowest BCUT2D eigenvalue weighted by Crippen LogP contribution is -2.30. The van der Waals surface area contributed by atoms with Crippen LogP contribution in [0.25, 0.3) is 0 Å². The number of rotatable bonds is 5. The Kier molecular flexibility index (Phi) is 5.45. The lowest BCUT2D eigenvalue weighted by Gasteiger charge is -2.33. The van der Waals surface area contributed by atoms with E-state index in [4.69, 9.17) is 0 Å². The van der Waals surface area contributed by atoms with Crippen LogP contribution in [0.2, 0.25) is 0 Å². The monoisotopic (exact) mass is 259 g/mol. The minimum Gasteiger partial charge on any atom is -0.316 e. The molecule has 1 heteroatoms. The van der Waals surface area contributed by atoms with Crippen molar-refractivity contribution in [2.75, 3.05) is 13.1 Å². The Hall–Kier alpha value is -0.820. The van der Waals surface area contributed by atoms with E-state index >= 15 is 0 Å². The van der Waals surface area contributed by atoms with Crippen molar-refractivity contribution >= 4 is 0 Å². The molecule has 0 spiro atoms. The standard InChI is InChI=1S/C18H29N/c1-4-12-19-13-16-9-5-6-10-18(16)17-11-7-8-14(2)15(17)3/h7-8,11,16,18-19H,4-6,9-10,12-13H2,1-3H3. The summed E-state index contributed by atoms with van der Waals surface area (Å²) in [4.78, 5) is 0. The number of nitrogens with one attached hydrogen (secondary N) is 1. The fourth-order valence-corrected chi connectivity index (χ4v) is 3.50. The van der Waals surface area contributed by atoms with Gasteiger partial charge < -0.3 is 5.32 Å². The molecular weight excluding hydrogens is 230 g/mol. The molecule has 1 aromatic carbocycles. The van der Waals surface area contributed by atoms with Crippen LogP contribution in [0, 0.1) is 19.8 Å². The fraction of sp³-hybridized carbons (Fsp3) is 0.667. The molecule has 0 aliphatic heterocycles. The highest BCUT2D eigenvalue weighted by molar-refractivity contribution is 5.36. The van der Waals surface area contributed by atoms with Crippen molar-refractivity contribution in [2.45, 2.75) is 58.8 Å². The smallest absolute Gasteiger partial charge is 0.00147 e. The molecule has 2 unspecified atom stereocenters. The van der Waals surface area contributed by atoms with E-state index in [1.165, 1.54) is 49.8 Å². The third kappa shape index (κ3) is 3.60. The molecule has 2 rings (SSSR count). The van der Waals surface area contributed by atoms with Crippen molar-refractivity contribution in [3.05, 3.63) is 34.9 Å². The van der Waals surface area contributed by atoms with Gasteiger partial charge in [0, 0.05) is 0 Å². The summed E-state index contributed by atoms with van der Waals surface area (Å²) >= 11 is 0. The zero-order chi connectivity index (χ0) is 13.7. The predicted molar refractivity (Wildman–Crippen MR) is 83.8 cm³/mol. The maximum Gasteiger partial charge on any atom is -0.00147 e. The third-order valence-electron chi connectivity index (χ3n) is 4.79. The van der Waals surface area contributed by atoms with Gasteiger partial charge in [-0.05, 0) is 74.7 Å². The van der Waals surface area contributed by atoms with Crippen LogP contribution in [0.3, 0.4) is 0 Å². The molecule has 0 aromatic heterocycles. The van der Waals surface area contributed by atoms with E-state index < -0.39 is 0 Å². The van der Waals surface area contributed by atoms with Gasteiger partial charge in [0.2, 0.25) is 0 Å². The highest BCUT2D eigenvalue weighted by Gasteiger charge is 2.27. The van der Waals surface area contributed by atoms with E-state index in [1.807, 2.05) is 0 Å². The maximum atomic E-state index is 3.64. The molecule has 1 aliphatic carbocycles. The molecule has 2 atom stereocenters. The summed E-state index contributed by atoms with van der Waals surface area (Å²) in [5.74, 6) is 1.61. The van der Waals surface area contributed by atoms with Gasteiger partial charge in [-0.3, -0.25) is 0 Å². The Morgan fingerprint density at radius 2 is 1.95 bits per heavy atom. The second-order valence-electron chi connectivity index (χ2n) is 6.14. The number of hydrogen-bond acceptors (Lipinski definition) is 1. The minimum absolute atomic E-state index is 0.776. The van der Waals surface area contributed by atoms with Crippen molar-refractivity contribution in [1.82, 2.24) is 5.32 Å². The summed E-state index contributed by atoms with van der Waals surface area (Å²) in [6.07, 6.45) is 6.83. The zero-order valence-corrected chi connectivity index (χ0v) is 12.8. The Balaban J connectivity index is 2.12. The summed E-state index contributed by atoms with van der Waals surface area (Å²) in [5.41, 5.74) is 4.58. The van der Waals surface area contributed by atoms with Crippen LogP contribution in [-0.4, -0.2) is 13.1 Å². The molecule has 1 saturated carbocycles. The van der Waals surface area contributed by atoms with E-state index in [-0.39, 0.29) is 0 Å². The van der Waals surface area contributed by atoms with Gasteiger partial charge in [-0.2, -0.15) is 0 Å². The predicted octanol–water partition coefficient (Wildman–Crippen LogP) is 4.58. The van der Waals surface area contributed by atoms with E-state index in [2.05, 4.69) is 44.3 Å². The van der Waals surface area contributed by atoms with Crippen molar-refractivity contribution in [3.63, 3.8) is 0 Å². The highest BCUT2D eigenvalue weighted by atomic mass is 14.9. The van der Waals surface area contributed by atoms with Crippen molar-refractivity contribution in [2.24, 2.45) is 5.92 Å².